The van der Waals surface area contributed by atoms with E-state index < -0.39 is 0 Å². The van der Waals surface area contributed by atoms with Gasteiger partial charge in [-0.15, -0.1) is 11.3 Å². The molecule has 0 aliphatic carbocycles. The summed E-state index contributed by atoms with van der Waals surface area (Å²) in [5.41, 5.74) is 2.46. The quantitative estimate of drug-likeness (QED) is 0.619. The fourth-order valence-electron chi connectivity index (χ4n) is 3.37. The van der Waals surface area contributed by atoms with Crippen LogP contribution in [0, 0.1) is 5.82 Å². The second-order valence-corrected chi connectivity index (χ2v) is 8.55. The summed E-state index contributed by atoms with van der Waals surface area (Å²) in [7, 11) is 0. The minimum atomic E-state index is -0.289. The second kappa shape index (κ2) is 9.55. The number of benzene rings is 2. The summed E-state index contributed by atoms with van der Waals surface area (Å²) < 4.78 is 13.0. The van der Waals surface area contributed by atoms with E-state index in [1.807, 2.05) is 12.1 Å². The lowest BCUT2D eigenvalue weighted by Gasteiger charge is -2.35. The van der Waals surface area contributed by atoms with E-state index in [4.69, 9.17) is 11.6 Å². The Morgan fingerprint density at radius 1 is 1.07 bits per heavy atom. The van der Waals surface area contributed by atoms with Crippen LogP contribution < -0.4 is 10.2 Å². The number of hydrogen-bond donors (Lipinski definition) is 1. The molecule has 1 saturated heterocycles. The van der Waals surface area contributed by atoms with E-state index in [9.17, 15) is 9.18 Å². The maximum Gasteiger partial charge on any atom is 0.271 e. The van der Waals surface area contributed by atoms with Crippen LogP contribution in [-0.4, -0.2) is 42.0 Å². The van der Waals surface area contributed by atoms with E-state index >= 15 is 0 Å². The molecule has 2 heterocycles. The number of nitrogens with one attached hydrogen (secondary N) is 1. The number of rotatable bonds is 6. The monoisotopic (exact) mass is 444 g/mol. The van der Waals surface area contributed by atoms with Gasteiger partial charge in [0.15, 0.2) is 0 Å². The number of hydrogen-bond acceptors (Lipinski definition) is 5. The van der Waals surface area contributed by atoms with Crippen LogP contribution in [0.15, 0.2) is 53.9 Å². The van der Waals surface area contributed by atoms with Crippen molar-refractivity contribution >= 4 is 34.5 Å². The van der Waals surface area contributed by atoms with Crippen LogP contribution in [0.3, 0.4) is 0 Å². The molecule has 1 N–H and O–H groups in total. The largest absolute Gasteiger partial charge is 0.369 e. The van der Waals surface area contributed by atoms with Crippen LogP contribution in [0.4, 0.5) is 10.1 Å². The first-order chi connectivity index (χ1) is 14.6. The van der Waals surface area contributed by atoms with Crippen LogP contribution in [0.2, 0.25) is 5.02 Å². The first kappa shape index (κ1) is 20.8. The van der Waals surface area contributed by atoms with Gasteiger partial charge in [-0.1, -0.05) is 23.7 Å². The number of amides is 1. The van der Waals surface area contributed by atoms with E-state index in [0.29, 0.717) is 12.2 Å². The summed E-state index contributed by atoms with van der Waals surface area (Å²) in [5.74, 6) is -0.502. The highest BCUT2D eigenvalue weighted by molar-refractivity contribution is 7.09. The van der Waals surface area contributed by atoms with Gasteiger partial charge in [-0.2, -0.15) is 0 Å². The SMILES string of the molecule is O=C(NCc1ccc(F)cc1)c1csc(CN2CCN(c3ccc(Cl)cc3)CC2)n1. The standard InChI is InChI=1S/C22H22ClFN4OS/c23-17-3-7-19(8-4-17)28-11-9-27(10-12-28)14-21-26-20(15-30-21)22(29)25-13-16-1-5-18(24)6-2-16/h1-8,15H,9-14H2,(H,25,29). The van der Waals surface area contributed by atoms with Gasteiger partial charge in [-0.25, -0.2) is 9.37 Å². The molecule has 2 aromatic carbocycles. The van der Waals surface area contributed by atoms with Gasteiger partial charge in [0.1, 0.15) is 16.5 Å². The number of nitrogens with zero attached hydrogens (tertiary/aromatic N) is 3. The van der Waals surface area contributed by atoms with Gasteiger partial charge < -0.3 is 10.2 Å². The maximum atomic E-state index is 13.0. The molecule has 5 nitrogen and oxygen atoms in total. The molecule has 30 heavy (non-hydrogen) atoms. The van der Waals surface area contributed by atoms with E-state index in [0.717, 1.165) is 48.3 Å². The van der Waals surface area contributed by atoms with Crippen LogP contribution in [0.1, 0.15) is 21.1 Å². The number of piperazine rings is 1. The summed E-state index contributed by atoms with van der Waals surface area (Å²) >= 11 is 7.47. The molecule has 0 saturated carbocycles. The van der Waals surface area contributed by atoms with Gasteiger partial charge in [0, 0.05) is 48.8 Å². The van der Waals surface area contributed by atoms with Crippen molar-refractivity contribution in [3.05, 3.63) is 81.0 Å². The molecule has 4 rings (SSSR count). The Bertz CT molecular complexity index is 985. The Hall–Kier alpha value is -2.48. The summed E-state index contributed by atoms with van der Waals surface area (Å²) in [6.07, 6.45) is 0. The first-order valence-corrected chi connectivity index (χ1v) is 11.0. The molecule has 0 spiro atoms. The van der Waals surface area contributed by atoms with E-state index in [1.165, 1.54) is 29.2 Å². The van der Waals surface area contributed by atoms with Gasteiger partial charge in [0.25, 0.3) is 5.91 Å². The van der Waals surface area contributed by atoms with Crippen molar-refractivity contribution in [1.29, 1.82) is 0 Å². The van der Waals surface area contributed by atoms with Gasteiger partial charge >= 0.3 is 0 Å². The number of aromatic nitrogens is 1. The molecule has 1 amide bonds. The van der Waals surface area contributed by atoms with Crippen molar-refractivity contribution in [2.45, 2.75) is 13.1 Å². The number of halogens is 2. The first-order valence-electron chi connectivity index (χ1n) is 9.77. The molecule has 0 atom stereocenters. The van der Waals surface area contributed by atoms with Gasteiger partial charge in [0.05, 0.1) is 6.54 Å². The summed E-state index contributed by atoms with van der Waals surface area (Å²) in [6.45, 7) is 4.85. The average molecular weight is 445 g/mol. The van der Waals surface area contributed by atoms with E-state index in [-0.39, 0.29) is 11.7 Å². The molecule has 1 aliphatic rings. The molecule has 1 aromatic heterocycles. The predicted octanol–water partition coefficient (Wildman–Crippen LogP) is 4.19. The lowest BCUT2D eigenvalue weighted by molar-refractivity contribution is 0.0946. The van der Waals surface area contributed by atoms with Crippen LogP contribution >= 0.6 is 22.9 Å². The number of thiazole rings is 1. The highest BCUT2D eigenvalue weighted by Gasteiger charge is 2.19. The summed E-state index contributed by atoms with van der Waals surface area (Å²) in [5, 5.41) is 6.30. The minimum Gasteiger partial charge on any atom is -0.369 e. The van der Waals surface area contributed by atoms with E-state index in [2.05, 4.69) is 32.2 Å². The minimum absolute atomic E-state index is 0.214. The Kier molecular flexibility index (Phi) is 6.62. The zero-order valence-electron chi connectivity index (χ0n) is 16.4. The topological polar surface area (TPSA) is 48.5 Å². The third-order valence-corrected chi connectivity index (χ3v) is 6.16. The highest BCUT2D eigenvalue weighted by atomic mass is 35.5. The Labute approximate surface area is 184 Å². The molecule has 0 bridgehead atoms. The van der Waals surface area contributed by atoms with Crippen molar-refractivity contribution in [1.82, 2.24) is 15.2 Å². The highest BCUT2D eigenvalue weighted by Crippen LogP contribution is 2.20. The fraction of sp³-hybridized carbons (Fsp3) is 0.273. The van der Waals surface area contributed by atoms with Crippen LogP contribution in [0.25, 0.3) is 0 Å². The van der Waals surface area contributed by atoms with Gasteiger partial charge in [-0.3, -0.25) is 9.69 Å². The molecule has 156 valence electrons. The third kappa shape index (κ3) is 5.36. The zero-order chi connectivity index (χ0) is 20.9. The molecule has 3 aromatic rings. The molecule has 0 unspecified atom stereocenters. The number of carbonyl (C=O) groups excluding carboxylic acids is 1. The Morgan fingerprint density at radius 2 is 1.77 bits per heavy atom. The maximum absolute atomic E-state index is 13.0. The third-order valence-electron chi connectivity index (χ3n) is 5.07. The van der Waals surface area contributed by atoms with Crippen molar-refractivity contribution in [2.75, 3.05) is 31.1 Å². The Balaban J connectivity index is 1.26. The molecule has 1 fully saturated rings. The second-order valence-electron chi connectivity index (χ2n) is 7.18. The molecular formula is C22H22ClFN4OS. The lowest BCUT2D eigenvalue weighted by atomic mass is 10.2. The normalized spacial score (nSPS) is 14.7. The molecule has 8 heteroatoms. The van der Waals surface area contributed by atoms with E-state index in [1.54, 1.807) is 17.5 Å². The van der Waals surface area contributed by atoms with Gasteiger partial charge in [-0.05, 0) is 42.0 Å². The Morgan fingerprint density at radius 3 is 2.47 bits per heavy atom. The van der Waals surface area contributed by atoms with Crippen molar-refractivity contribution in [3.63, 3.8) is 0 Å². The molecule has 0 radical (unpaired) electrons. The van der Waals surface area contributed by atoms with Crippen molar-refractivity contribution in [2.24, 2.45) is 0 Å². The molecule has 1 aliphatic heterocycles. The summed E-state index contributed by atoms with van der Waals surface area (Å²) in [6, 6.07) is 14.0. The number of carbonyl (C=O) groups is 1. The van der Waals surface area contributed by atoms with Gasteiger partial charge in [0.2, 0.25) is 0 Å². The van der Waals surface area contributed by atoms with Crippen LogP contribution in [-0.2, 0) is 13.1 Å². The smallest absolute Gasteiger partial charge is 0.271 e. The van der Waals surface area contributed by atoms with Crippen LogP contribution in [0.5, 0.6) is 0 Å². The van der Waals surface area contributed by atoms with Crippen molar-refractivity contribution in [3.8, 4) is 0 Å². The van der Waals surface area contributed by atoms with Crippen molar-refractivity contribution < 1.29 is 9.18 Å². The summed E-state index contributed by atoms with van der Waals surface area (Å²) in [4.78, 5) is 21.5. The predicted molar refractivity (Wildman–Crippen MR) is 119 cm³/mol. The fourth-order valence-corrected chi connectivity index (χ4v) is 4.31. The average Bonchev–Trinajstić information content (AvgIpc) is 3.23. The zero-order valence-corrected chi connectivity index (χ0v) is 17.9. The lowest BCUT2D eigenvalue weighted by Crippen LogP contribution is -2.45. The molecular weight excluding hydrogens is 423 g/mol. The number of anilines is 1.